The van der Waals surface area contributed by atoms with Crippen molar-refractivity contribution in [3.63, 3.8) is 0 Å². The van der Waals surface area contributed by atoms with Gasteiger partial charge in [0.15, 0.2) is 0 Å². The number of aliphatic hydroxyl groups is 1. The summed E-state index contributed by atoms with van der Waals surface area (Å²) in [7, 11) is -1.33. The normalized spacial score (nSPS) is 21.3. The molecule has 1 aromatic heterocycles. The molecule has 0 saturated carbocycles. The van der Waals surface area contributed by atoms with Crippen LogP contribution in [0.5, 0.6) is 0 Å². The summed E-state index contributed by atoms with van der Waals surface area (Å²) in [6, 6.07) is 1.20. The van der Waals surface area contributed by atoms with E-state index in [4.69, 9.17) is 18.9 Å². The number of aromatic amines is 1. The molecule has 2 saturated heterocycles. The summed E-state index contributed by atoms with van der Waals surface area (Å²) in [5.74, 6) is -1.60. The Morgan fingerprint density at radius 2 is 1.61 bits per heavy atom. The third-order valence-electron chi connectivity index (χ3n) is 9.45. The molecular weight excluding hydrogens is 613 g/mol. The molecule has 2 fully saturated rings. The van der Waals surface area contributed by atoms with Crippen LogP contribution in [0.15, 0.2) is 21.9 Å². The molecule has 3 rings (SSSR count). The molecule has 0 bridgehead atoms. The maximum atomic E-state index is 12.8. The number of nitrogens with zero attached hydrogens (tertiary/aromatic N) is 1. The molecule has 12 nitrogen and oxygen atoms in total. The number of unbranched alkanes of at least 4 members (excludes halogenated alkanes) is 3. The summed E-state index contributed by atoms with van der Waals surface area (Å²) in [6.45, 7) is 7.88. The van der Waals surface area contributed by atoms with Crippen molar-refractivity contribution < 1.29 is 33.6 Å². The number of hydrogen-bond acceptors (Lipinski definition) is 9. The molecule has 1 unspecified atom stereocenters. The second-order valence-electron chi connectivity index (χ2n) is 13.0. The number of rotatable bonds is 22. The Morgan fingerprint density at radius 3 is 2.20 bits per heavy atom. The summed E-state index contributed by atoms with van der Waals surface area (Å²) in [5, 5.41) is 12.9. The molecule has 1 aromatic rings. The van der Waals surface area contributed by atoms with E-state index in [0.717, 1.165) is 6.42 Å². The number of carbonyl (C=O) groups is 2. The minimum absolute atomic E-state index is 0.0144. The Morgan fingerprint density at radius 1 is 1.00 bits per heavy atom. The van der Waals surface area contributed by atoms with E-state index in [2.05, 4.69) is 31.1 Å². The van der Waals surface area contributed by atoms with Crippen LogP contribution in [0.3, 0.4) is 0 Å². The zero-order chi connectivity index (χ0) is 33.4. The van der Waals surface area contributed by atoms with Gasteiger partial charge in [0.05, 0.1) is 6.61 Å². The van der Waals surface area contributed by atoms with E-state index in [9.17, 15) is 24.3 Å². The zero-order valence-corrected chi connectivity index (χ0v) is 29.2. The van der Waals surface area contributed by atoms with E-state index < -0.39 is 55.3 Å². The molecule has 0 aromatic carbocycles. The predicted molar refractivity (Wildman–Crippen MR) is 180 cm³/mol. The third-order valence-corrected chi connectivity index (χ3v) is 15.1. The van der Waals surface area contributed by atoms with Gasteiger partial charge in [-0.3, -0.25) is 14.3 Å². The Bertz CT molecular complexity index is 1160. The van der Waals surface area contributed by atoms with Crippen molar-refractivity contribution in [2.24, 2.45) is 0 Å². The number of H-pyrrole nitrogens is 1. The first-order chi connectivity index (χ1) is 22.2. The summed E-state index contributed by atoms with van der Waals surface area (Å²) in [4.78, 5) is 51.4. The first-order valence-corrected chi connectivity index (χ1v) is 20.3. The van der Waals surface area contributed by atoms with E-state index in [1.54, 1.807) is 0 Å². The van der Waals surface area contributed by atoms with Crippen molar-refractivity contribution in [3.05, 3.63) is 33.1 Å². The summed E-state index contributed by atoms with van der Waals surface area (Å²) in [6.07, 6.45) is 14.0. The maximum absolute atomic E-state index is 12.8. The molecule has 0 aliphatic carbocycles. The van der Waals surface area contributed by atoms with E-state index in [0.29, 0.717) is 26.2 Å². The molecule has 2 aliphatic rings. The number of aromatic nitrogens is 2. The fourth-order valence-electron chi connectivity index (χ4n) is 6.73. The van der Waals surface area contributed by atoms with Crippen LogP contribution in [0.25, 0.3) is 0 Å². The van der Waals surface area contributed by atoms with Crippen LogP contribution in [-0.2, 0) is 28.5 Å². The fraction of sp³-hybridized carbons (Fsp3) is 0.818. The van der Waals surface area contributed by atoms with Gasteiger partial charge in [0.2, 0.25) is 0 Å². The summed E-state index contributed by atoms with van der Waals surface area (Å²) >= 11 is 0. The van der Waals surface area contributed by atoms with Crippen molar-refractivity contribution in [2.75, 3.05) is 51.0 Å². The summed E-state index contributed by atoms with van der Waals surface area (Å²) < 4.78 is 24.3. The van der Waals surface area contributed by atoms with Crippen LogP contribution in [0.2, 0.25) is 0 Å². The number of carbonyl (C=O) groups excluding carboxylic acids is 2. The molecule has 3 heterocycles. The first kappa shape index (κ1) is 38.3. The van der Waals surface area contributed by atoms with Crippen LogP contribution in [0, 0.1) is 0 Å². The second-order valence-corrected chi connectivity index (χ2v) is 18.0. The number of amides is 1. The Hall–Kier alpha value is -2.11. The van der Waals surface area contributed by atoms with Gasteiger partial charge in [0.1, 0.15) is 18.4 Å². The van der Waals surface area contributed by atoms with E-state index >= 15 is 0 Å². The van der Waals surface area contributed by atoms with Gasteiger partial charge in [-0.05, 0) is 0 Å². The van der Waals surface area contributed by atoms with E-state index in [1.807, 2.05) is 0 Å². The van der Waals surface area contributed by atoms with Crippen LogP contribution in [-0.4, -0.2) is 95.5 Å². The van der Waals surface area contributed by atoms with Gasteiger partial charge in [-0.25, -0.2) is 4.79 Å². The Labute approximate surface area is 273 Å². The Kier molecular flexibility index (Phi) is 16.4. The van der Waals surface area contributed by atoms with Gasteiger partial charge in [0, 0.05) is 18.7 Å². The van der Waals surface area contributed by atoms with Crippen molar-refractivity contribution in [3.8, 4) is 0 Å². The van der Waals surface area contributed by atoms with Crippen molar-refractivity contribution in [1.82, 2.24) is 14.9 Å². The van der Waals surface area contributed by atoms with Crippen LogP contribution >= 0.6 is 7.26 Å². The second kappa shape index (κ2) is 19.6. The van der Waals surface area contributed by atoms with Gasteiger partial charge in [-0.2, -0.15) is 0 Å². The van der Waals surface area contributed by atoms with Gasteiger partial charge in [-0.15, -0.1) is 0 Å². The van der Waals surface area contributed by atoms with Crippen molar-refractivity contribution in [2.45, 2.75) is 122 Å². The van der Waals surface area contributed by atoms with Crippen molar-refractivity contribution >= 4 is 19.1 Å². The van der Waals surface area contributed by atoms with Gasteiger partial charge >= 0.3 is 196 Å². The number of aliphatic hydroxyl groups excluding tert-OH is 1. The SMILES string of the molecule is CCCC[PH](CCCC)(CCCC)CCCNC(=O)CCC1(CCC(=O)OC2C[C@H](n3ccc(=O)[nH]c3=O)O[C@@H]2CO)OCCO1. The van der Waals surface area contributed by atoms with Crippen LogP contribution in [0.1, 0.15) is 104 Å². The van der Waals surface area contributed by atoms with E-state index in [-0.39, 0.29) is 31.6 Å². The number of ether oxygens (including phenoxy) is 4. The van der Waals surface area contributed by atoms with Gasteiger partial charge in [-0.1, -0.05) is 0 Å². The minimum atomic E-state index is -1.33. The van der Waals surface area contributed by atoms with Crippen molar-refractivity contribution in [1.29, 1.82) is 0 Å². The number of nitrogens with one attached hydrogen (secondary N) is 2. The van der Waals surface area contributed by atoms with Gasteiger partial charge < -0.3 is 9.84 Å². The van der Waals surface area contributed by atoms with Gasteiger partial charge in [0.25, 0.3) is 5.56 Å². The number of esters is 1. The zero-order valence-electron chi connectivity index (χ0n) is 28.2. The molecule has 0 spiro atoms. The third kappa shape index (κ3) is 11.8. The standard InChI is InChI=1S/C33H58N3O9P/c1-4-7-20-46(21-8-5-2,22-9-6-3)23-10-16-34-28(38)11-14-33(42-18-19-43-33)15-12-31(40)45-26-24-30(44-27(26)25-37)36-17-13-29(39)35-32(36)41/h13,17,26-27,30,37,46H,4-12,14-16,18-25H2,1-3H3,(H,34,38)(H,35,39,41)/t26?,27-,30-/m1/s1. The molecule has 264 valence electrons. The molecule has 3 N–H and O–H groups in total. The fourth-order valence-corrected chi connectivity index (χ4v) is 12.5. The molecule has 13 heteroatoms. The number of hydrogen-bond donors (Lipinski definition) is 3. The predicted octanol–water partition coefficient (Wildman–Crippen LogP) is 3.69. The molecule has 3 atom stereocenters. The topological polar surface area (TPSA) is 158 Å². The molecule has 1 amide bonds. The quantitative estimate of drug-likeness (QED) is 0.0950. The molecule has 46 heavy (non-hydrogen) atoms. The monoisotopic (exact) mass is 671 g/mol. The molecule has 0 radical (unpaired) electrons. The van der Waals surface area contributed by atoms with E-state index in [1.165, 1.54) is 80.0 Å². The summed E-state index contributed by atoms with van der Waals surface area (Å²) in [5.41, 5.74) is -1.18. The average molecular weight is 672 g/mol. The Balaban J connectivity index is 1.45. The average Bonchev–Trinajstić information content (AvgIpc) is 3.69. The molecule has 2 aliphatic heterocycles. The molecular formula is C33H58N3O9P. The van der Waals surface area contributed by atoms with Crippen LogP contribution in [0.4, 0.5) is 0 Å². The van der Waals surface area contributed by atoms with Crippen LogP contribution < -0.4 is 16.6 Å². The first-order valence-electron chi connectivity index (χ1n) is 17.5.